The van der Waals surface area contributed by atoms with Gasteiger partial charge in [0.05, 0.1) is 6.42 Å². The number of carboxylic acids is 1. The second-order valence-corrected chi connectivity index (χ2v) is 3.41. The number of hydrogen-bond acceptors (Lipinski definition) is 2. The Hall–Kier alpha value is -1.84. The van der Waals surface area contributed by atoms with Crippen LogP contribution < -0.4 is 0 Å². The summed E-state index contributed by atoms with van der Waals surface area (Å²) in [5.41, 5.74) is 2.59. The van der Waals surface area contributed by atoms with Crippen molar-refractivity contribution in [1.29, 1.82) is 0 Å². The van der Waals surface area contributed by atoms with Gasteiger partial charge in [-0.3, -0.25) is 4.79 Å². The van der Waals surface area contributed by atoms with Crippen molar-refractivity contribution in [3.8, 4) is 0 Å². The number of fused-ring (bicyclic) bond motifs is 1. The van der Waals surface area contributed by atoms with Crippen LogP contribution in [0.2, 0.25) is 0 Å². The number of aryl methyl sites for hydroxylation is 1. The molecule has 0 amide bonds. The summed E-state index contributed by atoms with van der Waals surface area (Å²) < 4.78 is 0. The van der Waals surface area contributed by atoms with E-state index in [4.69, 9.17) is 5.11 Å². The molecular formula is C11H12N2O2. The van der Waals surface area contributed by atoms with Crippen LogP contribution in [0, 0.1) is 0 Å². The largest absolute Gasteiger partial charge is 0.481 e. The molecule has 2 N–H and O–H groups in total. The molecule has 0 saturated heterocycles. The summed E-state index contributed by atoms with van der Waals surface area (Å²) in [7, 11) is 0. The highest BCUT2D eigenvalue weighted by Crippen LogP contribution is 2.21. The van der Waals surface area contributed by atoms with Crippen LogP contribution in [0.1, 0.15) is 18.2 Å². The highest BCUT2D eigenvalue weighted by Gasteiger charge is 2.13. The van der Waals surface area contributed by atoms with E-state index in [0.717, 1.165) is 28.7 Å². The monoisotopic (exact) mass is 204 g/mol. The minimum Gasteiger partial charge on any atom is -0.481 e. The average Bonchev–Trinajstić information content (AvgIpc) is 2.56. The Bertz CT molecular complexity index is 502. The minimum absolute atomic E-state index is 0.0505. The summed E-state index contributed by atoms with van der Waals surface area (Å²) in [5, 5.41) is 9.74. The lowest BCUT2D eigenvalue weighted by molar-refractivity contribution is -0.136. The van der Waals surface area contributed by atoms with Gasteiger partial charge in [-0.1, -0.05) is 6.92 Å². The van der Waals surface area contributed by atoms with Gasteiger partial charge in [-0.25, -0.2) is 4.98 Å². The fourth-order valence-electron chi connectivity index (χ4n) is 1.78. The Labute approximate surface area is 87.0 Å². The molecule has 2 aromatic rings. The first-order valence-corrected chi connectivity index (χ1v) is 4.88. The maximum atomic E-state index is 10.7. The van der Waals surface area contributed by atoms with E-state index >= 15 is 0 Å². The van der Waals surface area contributed by atoms with Crippen molar-refractivity contribution in [2.75, 3.05) is 0 Å². The molecule has 0 bridgehead atoms. The average molecular weight is 204 g/mol. The van der Waals surface area contributed by atoms with Gasteiger partial charge in [0.1, 0.15) is 5.65 Å². The van der Waals surface area contributed by atoms with Crippen LogP contribution in [0.3, 0.4) is 0 Å². The zero-order chi connectivity index (χ0) is 10.8. The van der Waals surface area contributed by atoms with Gasteiger partial charge in [0.15, 0.2) is 0 Å². The van der Waals surface area contributed by atoms with Gasteiger partial charge in [0.25, 0.3) is 0 Å². The van der Waals surface area contributed by atoms with E-state index in [1.54, 1.807) is 6.20 Å². The molecule has 0 aliphatic rings. The fourth-order valence-corrected chi connectivity index (χ4v) is 1.78. The second kappa shape index (κ2) is 3.73. The first-order chi connectivity index (χ1) is 7.22. The van der Waals surface area contributed by atoms with E-state index in [2.05, 4.69) is 9.97 Å². The zero-order valence-electron chi connectivity index (χ0n) is 8.45. The van der Waals surface area contributed by atoms with E-state index in [9.17, 15) is 4.79 Å². The van der Waals surface area contributed by atoms with Gasteiger partial charge in [0, 0.05) is 17.3 Å². The van der Waals surface area contributed by atoms with Gasteiger partial charge in [0.2, 0.25) is 0 Å². The maximum absolute atomic E-state index is 10.7. The van der Waals surface area contributed by atoms with Crippen molar-refractivity contribution < 1.29 is 9.90 Å². The molecule has 0 spiro atoms. The second-order valence-electron chi connectivity index (χ2n) is 3.41. The normalized spacial score (nSPS) is 10.7. The van der Waals surface area contributed by atoms with Gasteiger partial charge < -0.3 is 10.1 Å². The summed E-state index contributed by atoms with van der Waals surface area (Å²) in [6.45, 7) is 2.00. The number of pyridine rings is 1. The summed E-state index contributed by atoms with van der Waals surface area (Å²) in [4.78, 5) is 18.1. The highest BCUT2D eigenvalue weighted by atomic mass is 16.4. The van der Waals surface area contributed by atoms with Crippen molar-refractivity contribution in [3.05, 3.63) is 29.6 Å². The van der Waals surface area contributed by atoms with Gasteiger partial charge in [-0.2, -0.15) is 0 Å². The summed E-state index contributed by atoms with van der Waals surface area (Å²) >= 11 is 0. The number of rotatable bonds is 3. The molecule has 4 heteroatoms. The Balaban J connectivity index is 2.61. The smallest absolute Gasteiger partial charge is 0.307 e. The SMILES string of the molecule is CCc1[nH]c2ncccc2c1CC(=O)O. The molecule has 0 atom stereocenters. The molecule has 0 saturated carbocycles. The molecule has 78 valence electrons. The number of nitrogens with zero attached hydrogens (tertiary/aromatic N) is 1. The van der Waals surface area contributed by atoms with E-state index in [-0.39, 0.29) is 6.42 Å². The number of aromatic nitrogens is 2. The molecule has 15 heavy (non-hydrogen) atoms. The minimum atomic E-state index is -0.811. The fraction of sp³-hybridized carbons (Fsp3) is 0.273. The lowest BCUT2D eigenvalue weighted by Gasteiger charge is -1.97. The lowest BCUT2D eigenvalue weighted by Crippen LogP contribution is -2.01. The number of H-pyrrole nitrogens is 1. The number of aliphatic carboxylic acids is 1. The number of nitrogens with one attached hydrogen (secondary N) is 1. The van der Waals surface area contributed by atoms with Crippen molar-refractivity contribution in [2.24, 2.45) is 0 Å². The number of carboxylic acid groups (broad SMARTS) is 1. The number of carbonyl (C=O) groups is 1. The quantitative estimate of drug-likeness (QED) is 0.800. The summed E-state index contributed by atoms with van der Waals surface area (Å²) in [5.74, 6) is -0.811. The maximum Gasteiger partial charge on any atom is 0.307 e. The summed E-state index contributed by atoms with van der Waals surface area (Å²) in [6.07, 6.45) is 2.54. The van der Waals surface area contributed by atoms with Crippen LogP contribution in [0.5, 0.6) is 0 Å². The molecule has 0 aliphatic carbocycles. The lowest BCUT2D eigenvalue weighted by atomic mass is 10.1. The Morgan fingerprint density at radius 1 is 1.60 bits per heavy atom. The van der Waals surface area contributed by atoms with Gasteiger partial charge in [-0.15, -0.1) is 0 Å². The first kappa shape index (κ1) is 9.71. The molecule has 0 unspecified atom stereocenters. The molecule has 4 nitrogen and oxygen atoms in total. The third-order valence-corrected chi connectivity index (χ3v) is 2.45. The molecule has 0 aliphatic heterocycles. The van der Waals surface area contributed by atoms with Crippen molar-refractivity contribution in [3.63, 3.8) is 0 Å². The Kier molecular flexibility index (Phi) is 2.41. The molecule has 0 aromatic carbocycles. The summed E-state index contributed by atoms with van der Waals surface area (Å²) in [6, 6.07) is 3.72. The third-order valence-electron chi connectivity index (χ3n) is 2.45. The Morgan fingerprint density at radius 3 is 3.07 bits per heavy atom. The molecule has 2 rings (SSSR count). The van der Waals surface area contributed by atoms with E-state index in [1.807, 2.05) is 19.1 Å². The third kappa shape index (κ3) is 1.70. The molecule has 2 heterocycles. The number of aromatic amines is 1. The van der Waals surface area contributed by atoms with Crippen molar-refractivity contribution in [2.45, 2.75) is 19.8 Å². The van der Waals surface area contributed by atoms with Crippen LogP contribution in [0.15, 0.2) is 18.3 Å². The molecule has 2 aromatic heterocycles. The zero-order valence-corrected chi connectivity index (χ0v) is 8.45. The van der Waals surface area contributed by atoms with Gasteiger partial charge >= 0.3 is 5.97 Å². The van der Waals surface area contributed by atoms with Crippen LogP contribution in [0.4, 0.5) is 0 Å². The van der Waals surface area contributed by atoms with Crippen molar-refractivity contribution in [1.82, 2.24) is 9.97 Å². The van der Waals surface area contributed by atoms with Gasteiger partial charge in [-0.05, 0) is 24.1 Å². The van der Waals surface area contributed by atoms with Crippen LogP contribution in [-0.2, 0) is 17.6 Å². The Morgan fingerprint density at radius 2 is 2.40 bits per heavy atom. The number of hydrogen-bond donors (Lipinski definition) is 2. The standard InChI is InChI=1S/C11H12N2O2/c1-2-9-8(6-10(14)15)7-4-3-5-12-11(7)13-9/h3-5H,2,6H2,1H3,(H,12,13)(H,14,15). The molecular weight excluding hydrogens is 192 g/mol. The van der Waals surface area contributed by atoms with Crippen molar-refractivity contribution >= 4 is 17.0 Å². The molecule has 0 radical (unpaired) electrons. The predicted octanol–water partition coefficient (Wildman–Crippen LogP) is 1.75. The topological polar surface area (TPSA) is 66.0 Å². The van der Waals surface area contributed by atoms with E-state index in [0.29, 0.717) is 0 Å². The highest BCUT2D eigenvalue weighted by molar-refractivity contribution is 5.85. The van der Waals surface area contributed by atoms with Crippen LogP contribution in [0.25, 0.3) is 11.0 Å². The predicted molar refractivity (Wildman–Crippen MR) is 56.8 cm³/mol. The van der Waals surface area contributed by atoms with Crippen LogP contribution >= 0.6 is 0 Å². The molecule has 0 fully saturated rings. The van der Waals surface area contributed by atoms with Crippen LogP contribution in [-0.4, -0.2) is 21.0 Å². The van der Waals surface area contributed by atoms with E-state index < -0.39 is 5.97 Å². The van der Waals surface area contributed by atoms with E-state index in [1.165, 1.54) is 0 Å². The first-order valence-electron chi connectivity index (χ1n) is 4.88.